The molecule has 0 saturated carbocycles. The smallest absolute Gasteiger partial charge is 0.275 e. The zero-order valence-corrected chi connectivity index (χ0v) is 22.3. The Hall–Kier alpha value is -5.36. The van der Waals surface area contributed by atoms with Crippen LogP contribution < -0.4 is 10.3 Å². The molecule has 0 N–H and O–H groups in total. The fourth-order valence-electron chi connectivity index (χ4n) is 5.14. The van der Waals surface area contributed by atoms with E-state index in [1.54, 1.807) is 0 Å². The van der Waals surface area contributed by atoms with Crippen LogP contribution in [0, 0.1) is 0 Å². The molecule has 0 amide bonds. The van der Waals surface area contributed by atoms with Crippen LogP contribution in [0.25, 0.3) is 32.6 Å². The average molecular weight is 535 g/mol. The van der Waals surface area contributed by atoms with Gasteiger partial charge in [-0.05, 0) is 48.0 Å². The van der Waals surface area contributed by atoms with E-state index >= 15 is 0 Å². The van der Waals surface area contributed by atoms with Crippen molar-refractivity contribution in [2.24, 2.45) is 0 Å². The van der Waals surface area contributed by atoms with Crippen LogP contribution in [0.5, 0.6) is 5.75 Å². The molecular formula is C35H26N4O2. The fraction of sp³-hybridized carbons (Fsp3) is 0.0857. The molecule has 0 bridgehead atoms. The van der Waals surface area contributed by atoms with Crippen LogP contribution in [0.4, 0.5) is 0 Å². The fourth-order valence-corrected chi connectivity index (χ4v) is 5.14. The van der Waals surface area contributed by atoms with Crippen LogP contribution in [0.15, 0.2) is 126 Å². The number of rotatable bonds is 7. The molecule has 3 heterocycles. The van der Waals surface area contributed by atoms with Gasteiger partial charge >= 0.3 is 0 Å². The Kier molecular flexibility index (Phi) is 6.41. The summed E-state index contributed by atoms with van der Waals surface area (Å²) in [6.45, 7) is 0.696. The molecule has 0 aliphatic rings. The van der Waals surface area contributed by atoms with Gasteiger partial charge in [-0.3, -0.25) is 9.78 Å². The third-order valence-corrected chi connectivity index (χ3v) is 7.25. The molecular weight excluding hydrogens is 508 g/mol. The Morgan fingerprint density at radius 1 is 0.610 bits per heavy atom. The summed E-state index contributed by atoms with van der Waals surface area (Å²) in [6.07, 6.45) is 0.582. The monoisotopic (exact) mass is 534 g/mol. The van der Waals surface area contributed by atoms with Crippen LogP contribution in [-0.4, -0.2) is 19.7 Å². The molecule has 0 spiro atoms. The molecule has 0 fully saturated rings. The maximum Gasteiger partial charge on any atom is 0.275 e. The van der Waals surface area contributed by atoms with Crippen molar-refractivity contribution in [2.75, 3.05) is 0 Å². The molecule has 3 aromatic heterocycles. The summed E-state index contributed by atoms with van der Waals surface area (Å²) in [7, 11) is 0. The van der Waals surface area contributed by atoms with Crippen molar-refractivity contribution in [1.29, 1.82) is 0 Å². The van der Waals surface area contributed by atoms with Crippen LogP contribution in [0.1, 0.15) is 22.6 Å². The van der Waals surface area contributed by atoms with Crippen molar-refractivity contribution in [3.05, 3.63) is 154 Å². The van der Waals surface area contributed by atoms with E-state index in [2.05, 4.69) is 17.1 Å². The number of para-hydroxylation sites is 2. The second kappa shape index (κ2) is 10.7. The van der Waals surface area contributed by atoms with Crippen molar-refractivity contribution < 1.29 is 4.74 Å². The predicted octanol–water partition coefficient (Wildman–Crippen LogP) is 6.71. The first kappa shape index (κ1) is 24.7. The topological polar surface area (TPSA) is 69.9 Å². The maximum atomic E-state index is 13.4. The summed E-state index contributed by atoms with van der Waals surface area (Å²) in [5.74, 6) is 0.772. The molecule has 0 aliphatic carbocycles. The highest BCUT2D eigenvalue weighted by Gasteiger charge is 2.12. The first-order valence-electron chi connectivity index (χ1n) is 13.6. The van der Waals surface area contributed by atoms with Gasteiger partial charge in [0.2, 0.25) is 0 Å². The van der Waals surface area contributed by atoms with E-state index in [-0.39, 0.29) is 5.56 Å². The summed E-state index contributed by atoms with van der Waals surface area (Å²) in [6, 6.07) is 39.8. The molecule has 0 saturated heterocycles. The minimum absolute atomic E-state index is 0.120. The molecule has 41 heavy (non-hydrogen) atoms. The Labute approximate surface area is 236 Å². The number of pyridine rings is 2. The summed E-state index contributed by atoms with van der Waals surface area (Å²) in [4.78, 5) is 22.8. The van der Waals surface area contributed by atoms with Gasteiger partial charge in [0.05, 0.1) is 40.0 Å². The summed E-state index contributed by atoms with van der Waals surface area (Å²) < 4.78 is 7.55. The highest BCUT2D eigenvalue weighted by atomic mass is 16.5. The number of benzene rings is 4. The first-order chi connectivity index (χ1) is 20.2. The third-order valence-electron chi connectivity index (χ3n) is 7.25. The molecule has 198 valence electrons. The van der Waals surface area contributed by atoms with Gasteiger partial charge < -0.3 is 4.74 Å². The number of fused-ring (bicyclic) bond motifs is 3. The second-order valence-corrected chi connectivity index (χ2v) is 10.1. The van der Waals surface area contributed by atoms with Crippen molar-refractivity contribution in [3.63, 3.8) is 0 Å². The largest absolute Gasteiger partial charge is 0.487 e. The number of hydrogen-bond acceptors (Lipinski definition) is 5. The van der Waals surface area contributed by atoms with E-state index in [4.69, 9.17) is 14.8 Å². The van der Waals surface area contributed by atoms with Crippen LogP contribution >= 0.6 is 0 Å². The molecule has 6 heteroatoms. The lowest BCUT2D eigenvalue weighted by Crippen LogP contribution is -2.25. The number of ether oxygens (including phenoxy) is 1. The first-order valence-corrected chi connectivity index (χ1v) is 13.6. The normalized spacial score (nSPS) is 11.3. The Bertz CT molecular complexity index is 2080. The SMILES string of the molecule is O=c1c2ccccc2c(Cc2ccc(OCc3ccc4ccccc4n3)cc2)nn1Cc1ccc2ccccc2n1. The molecule has 0 aliphatic heterocycles. The molecule has 0 atom stereocenters. The van der Waals surface area contributed by atoms with Crippen molar-refractivity contribution in [1.82, 2.24) is 19.7 Å². The van der Waals surface area contributed by atoms with Gasteiger partial charge in [-0.2, -0.15) is 5.10 Å². The maximum absolute atomic E-state index is 13.4. The van der Waals surface area contributed by atoms with Gasteiger partial charge in [0, 0.05) is 22.6 Å². The van der Waals surface area contributed by atoms with Gasteiger partial charge in [0.1, 0.15) is 12.4 Å². The van der Waals surface area contributed by atoms with Gasteiger partial charge in [-0.1, -0.05) is 78.9 Å². The molecule has 6 nitrogen and oxygen atoms in total. The van der Waals surface area contributed by atoms with Gasteiger partial charge in [0.25, 0.3) is 5.56 Å². The van der Waals surface area contributed by atoms with E-state index in [9.17, 15) is 4.79 Å². The van der Waals surface area contributed by atoms with Crippen molar-refractivity contribution in [3.8, 4) is 5.75 Å². The summed E-state index contributed by atoms with van der Waals surface area (Å²) in [5.41, 5.74) is 5.33. The van der Waals surface area contributed by atoms with Crippen molar-refractivity contribution >= 4 is 32.6 Å². The average Bonchev–Trinajstić information content (AvgIpc) is 3.03. The van der Waals surface area contributed by atoms with E-state index < -0.39 is 0 Å². The van der Waals surface area contributed by atoms with Crippen LogP contribution in [-0.2, 0) is 19.6 Å². The van der Waals surface area contributed by atoms with Crippen LogP contribution in [0.2, 0.25) is 0 Å². The highest BCUT2D eigenvalue weighted by Crippen LogP contribution is 2.21. The van der Waals surface area contributed by atoms with E-state index in [0.717, 1.165) is 55.6 Å². The zero-order chi connectivity index (χ0) is 27.6. The lowest BCUT2D eigenvalue weighted by molar-refractivity contribution is 0.301. The minimum atomic E-state index is -0.120. The van der Waals surface area contributed by atoms with E-state index in [0.29, 0.717) is 25.0 Å². The predicted molar refractivity (Wildman–Crippen MR) is 162 cm³/mol. The molecule has 0 radical (unpaired) electrons. The van der Waals surface area contributed by atoms with Gasteiger partial charge in [0.15, 0.2) is 0 Å². The molecule has 7 rings (SSSR count). The number of aromatic nitrogens is 4. The minimum Gasteiger partial charge on any atom is -0.487 e. The van der Waals surface area contributed by atoms with Gasteiger partial charge in [-0.15, -0.1) is 0 Å². The number of hydrogen-bond donors (Lipinski definition) is 0. The standard InChI is InChI=1S/C35H26N4O2/c40-35-31-10-4-3-9-30(31)34(38-39(35)22-27-17-15-25-7-1-5-11-32(25)36-27)21-24-13-19-29(20-14-24)41-23-28-18-16-26-8-2-6-12-33(26)37-28/h1-20H,21-23H2. The highest BCUT2D eigenvalue weighted by molar-refractivity contribution is 5.84. The quantitative estimate of drug-likeness (QED) is 0.227. The van der Waals surface area contributed by atoms with E-state index in [1.165, 1.54) is 4.68 Å². The summed E-state index contributed by atoms with van der Waals surface area (Å²) >= 11 is 0. The molecule has 7 aromatic rings. The second-order valence-electron chi connectivity index (χ2n) is 10.1. The summed E-state index contributed by atoms with van der Waals surface area (Å²) in [5, 5.41) is 8.52. The number of nitrogens with zero attached hydrogens (tertiary/aromatic N) is 4. The van der Waals surface area contributed by atoms with E-state index in [1.807, 2.05) is 109 Å². The van der Waals surface area contributed by atoms with Gasteiger partial charge in [-0.25, -0.2) is 9.67 Å². The Morgan fingerprint density at radius 2 is 1.22 bits per heavy atom. The molecule has 0 unspecified atom stereocenters. The van der Waals surface area contributed by atoms with Crippen molar-refractivity contribution in [2.45, 2.75) is 19.6 Å². The lowest BCUT2D eigenvalue weighted by Gasteiger charge is -2.12. The Balaban J connectivity index is 1.12. The third kappa shape index (κ3) is 5.15. The molecule has 4 aromatic carbocycles. The lowest BCUT2D eigenvalue weighted by atomic mass is 10.0. The van der Waals surface area contributed by atoms with Crippen LogP contribution in [0.3, 0.4) is 0 Å². The Morgan fingerprint density at radius 3 is 1.95 bits per heavy atom. The zero-order valence-electron chi connectivity index (χ0n) is 22.3.